The fourth-order valence-corrected chi connectivity index (χ4v) is 3.61. The topological polar surface area (TPSA) is 98.7 Å². The van der Waals surface area contributed by atoms with Crippen molar-refractivity contribution >= 4 is 11.9 Å². The van der Waals surface area contributed by atoms with Gasteiger partial charge in [-0.2, -0.15) is 0 Å². The lowest BCUT2D eigenvalue weighted by atomic mass is 10.1. The molecule has 1 aliphatic heterocycles. The molecule has 0 spiro atoms. The predicted molar refractivity (Wildman–Crippen MR) is 109 cm³/mol. The molecule has 0 saturated carbocycles. The van der Waals surface area contributed by atoms with Gasteiger partial charge >= 0.3 is 6.03 Å². The molecule has 0 unspecified atom stereocenters. The maximum Gasteiger partial charge on any atom is 0.321 e. The molecule has 1 aromatic carbocycles. The van der Waals surface area contributed by atoms with Gasteiger partial charge in [0, 0.05) is 5.56 Å². The van der Waals surface area contributed by atoms with E-state index < -0.39 is 6.03 Å². The van der Waals surface area contributed by atoms with Crippen molar-refractivity contribution in [1.82, 2.24) is 10.6 Å². The summed E-state index contributed by atoms with van der Waals surface area (Å²) in [5.74, 6) is 1.83. The van der Waals surface area contributed by atoms with Crippen molar-refractivity contribution in [3.63, 3.8) is 0 Å². The summed E-state index contributed by atoms with van der Waals surface area (Å²) in [6, 6.07) is 9.00. The average Bonchev–Trinajstić information content (AvgIpc) is 3.27. The molecule has 0 atom stereocenters. The van der Waals surface area contributed by atoms with Crippen LogP contribution in [0.4, 0.5) is 4.79 Å². The van der Waals surface area contributed by atoms with Crippen molar-refractivity contribution < 1.29 is 33.3 Å². The van der Waals surface area contributed by atoms with Crippen molar-refractivity contribution in [3.8, 4) is 11.5 Å². The van der Waals surface area contributed by atoms with Gasteiger partial charge in [0.25, 0.3) is 5.91 Å². The zero-order valence-electron chi connectivity index (χ0n) is 17.5. The van der Waals surface area contributed by atoms with Crippen molar-refractivity contribution in [2.75, 3.05) is 46.9 Å². The summed E-state index contributed by atoms with van der Waals surface area (Å²) < 4.78 is 15.8. The van der Waals surface area contributed by atoms with Gasteiger partial charge in [-0.25, -0.2) is 4.79 Å². The lowest BCUT2D eigenvalue weighted by Gasteiger charge is -2.29. The largest absolute Gasteiger partial charge is 0.493 e. The first-order valence-corrected chi connectivity index (χ1v) is 10.1. The van der Waals surface area contributed by atoms with Gasteiger partial charge in [0.05, 0.1) is 27.0 Å². The second-order valence-electron chi connectivity index (χ2n) is 7.35. The van der Waals surface area contributed by atoms with Crippen LogP contribution in [0.5, 0.6) is 11.5 Å². The van der Waals surface area contributed by atoms with E-state index in [4.69, 9.17) is 13.9 Å². The number of methoxy groups -OCH3 is 2. The summed E-state index contributed by atoms with van der Waals surface area (Å²) in [5, 5.41) is 4.99. The highest BCUT2D eigenvalue weighted by Gasteiger charge is 2.25. The number of benzene rings is 1. The summed E-state index contributed by atoms with van der Waals surface area (Å²) >= 11 is 0. The molecule has 4 N–H and O–H groups in total. The van der Waals surface area contributed by atoms with Crippen LogP contribution in [0.3, 0.4) is 0 Å². The van der Waals surface area contributed by atoms with Crippen LogP contribution < -0.4 is 29.9 Å². The molecule has 0 radical (unpaired) electrons. The van der Waals surface area contributed by atoms with E-state index in [2.05, 4.69) is 16.7 Å². The maximum absolute atomic E-state index is 12.1. The van der Waals surface area contributed by atoms with Gasteiger partial charge in [-0.05, 0) is 30.3 Å². The number of hydrogen-bond acceptors (Lipinski definition) is 5. The van der Waals surface area contributed by atoms with Gasteiger partial charge in [-0.3, -0.25) is 10.1 Å². The first-order chi connectivity index (χ1) is 14.6. The number of nitrogens with one attached hydrogen (secondary N) is 4. The average molecular weight is 418 g/mol. The van der Waals surface area contributed by atoms with Crippen molar-refractivity contribution in [2.24, 2.45) is 0 Å². The van der Waals surface area contributed by atoms with Crippen LogP contribution in [0.25, 0.3) is 0 Å². The van der Waals surface area contributed by atoms with E-state index in [0.29, 0.717) is 5.76 Å². The molecule has 3 amide bonds. The number of urea groups is 1. The van der Waals surface area contributed by atoms with Gasteiger partial charge in [-0.15, -0.1) is 0 Å². The standard InChI is InChI=1S/C21H28N4O5/c1-28-18-6-5-16(12-19(18)29-2)14-24-7-9-25(10-8-24)15-20(26)23-21(27)22-13-17-4-3-11-30-17/h3-6,11-12H,7-10,13-15H2,1-2H3,(H2,22,23,26,27)/p+2. The van der Waals surface area contributed by atoms with Crippen LogP contribution in [0.2, 0.25) is 0 Å². The van der Waals surface area contributed by atoms with E-state index in [-0.39, 0.29) is 19.0 Å². The predicted octanol–water partition coefficient (Wildman–Crippen LogP) is -1.39. The number of furan rings is 1. The van der Waals surface area contributed by atoms with Gasteiger partial charge in [0.1, 0.15) is 38.5 Å². The minimum Gasteiger partial charge on any atom is -0.493 e. The number of imide groups is 1. The van der Waals surface area contributed by atoms with Gasteiger partial charge < -0.3 is 29.0 Å². The molecule has 1 aliphatic rings. The minimum absolute atomic E-state index is 0.247. The fourth-order valence-electron chi connectivity index (χ4n) is 3.61. The summed E-state index contributed by atoms with van der Waals surface area (Å²) in [6.07, 6.45) is 1.54. The molecule has 9 nitrogen and oxygen atoms in total. The Morgan fingerprint density at radius 1 is 1.03 bits per heavy atom. The Morgan fingerprint density at radius 2 is 1.77 bits per heavy atom. The van der Waals surface area contributed by atoms with Crippen LogP contribution in [0.1, 0.15) is 11.3 Å². The smallest absolute Gasteiger partial charge is 0.321 e. The van der Waals surface area contributed by atoms with Crippen LogP contribution >= 0.6 is 0 Å². The number of quaternary nitrogens is 2. The molecular formula is C21H30N4O5+2. The lowest BCUT2D eigenvalue weighted by molar-refractivity contribution is -1.02. The molecule has 9 heteroatoms. The number of amides is 3. The monoisotopic (exact) mass is 418 g/mol. The normalized spacial score (nSPS) is 18.5. The Morgan fingerprint density at radius 3 is 2.43 bits per heavy atom. The molecule has 162 valence electrons. The molecule has 1 aromatic heterocycles. The van der Waals surface area contributed by atoms with Crippen molar-refractivity contribution in [2.45, 2.75) is 13.1 Å². The van der Waals surface area contributed by atoms with E-state index in [9.17, 15) is 9.59 Å². The van der Waals surface area contributed by atoms with Gasteiger partial charge in [0.2, 0.25) is 0 Å². The van der Waals surface area contributed by atoms with Crippen LogP contribution in [-0.4, -0.2) is 58.9 Å². The quantitative estimate of drug-likeness (QED) is 0.423. The third-order valence-electron chi connectivity index (χ3n) is 5.23. The summed E-state index contributed by atoms with van der Waals surface area (Å²) in [6.45, 7) is 5.11. The third kappa shape index (κ3) is 6.23. The van der Waals surface area contributed by atoms with Crippen molar-refractivity contribution in [1.29, 1.82) is 0 Å². The second-order valence-corrected chi connectivity index (χ2v) is 7.35. The van der Waals surface area contributed by atoms with Crippen LogP contribution in [-0.2, 0) is 17.9 Å². The Balaban J connectivity index is 1.37. The highest BCUT2D eigenvalue weighted by Crippen LogP contribution is 2.27. The minimum atomic E-state index is -0.506. The fraction of sp³-hybridized carbons (Fsp3) is 0.429. The van der Waals surface area contributed by atoms with Gasteiger partial charge in [0.15, 0.2) is 18.0 Å². The number of rotatable bonds is 8. The molecule has 2 aromatic rings. The SMILES string of the molecule is COc1ccc(C[NH+]2CC[NH+](CC(=O)NC(=O)NCc3ccco3)CC2)cc1OC. The zero-order chi connectivity index (χ0) is 21.3. The third-order valence-corrected chi connectivity index (χ3v) is 5.23. The summed E-state index contributed by atoms with van der Waals surface area (Å²) in [4.78, 5) is 26.6. The molecule has 2 heterocycles. The number of piperazine rings is 1. The van der Waals surface area contributed by atoms with E-state index >= 15 is 0 Å². The molecule has 30 heavy (non-hydrogen) atoms. The summed E-state index contributed by atoms with van der Waals surface area (Å²) in [5.41, 5.74) is 1.19. The van der Waals surface area contributed by atoms with Crippen LogP contribution in [0.15, 0.2) is 41.0 Å². The molecule has 1 fully saturated rings. The number of carbonyl (C=O) groups is 2. The molecule has 3 rings (SSSR count). The Labute approximate surface area is 175 Å². The van der Waals surface area contributed by atoms with E-state index in [1.807, 2.05) is 12.1 Å². The number of ether oxygens (including phenoxy) is 2. The first kappa shape index (κ1) is 21.7. The maximum atomic E-state index is 12.1. The Bertz CT molecular complexity index is 832. The molecule has 0 bridgehead atoms. The van der Waals surface area contributed by atoms with E-state index in [0.717, 1.165) is 44.2 Å². The van der Waals surface area contributed by atoms with E-state index in [1.54, 1.807) is 26.4 Å². The molecule has 1 saturated heterocycles. The van der Waals surface area contributed by atoms with Crippen LogP contribution in [0, 0.1) is 0 Å². The van der Waals surface area contributed by atoms with Crippen molar-refractivity contribution in [3.05, 3.63) is 47.9 Å². The number of hydrogen-bond donors (Lipinski definition) is 4. The summed E-state index contributed by atoms with van der Waals surface area (Å²) in [7, 11) is 3.27. The first-order valence-electron chi connectivity index (χ1n) is 10.1. The van der Waals surface area contributed by atoms with E-state index in [1.165, 1.54) is 21.6 Å². The Hall–Kier alpha value is -3.04. The highest BCUT2D eigenvalue weighted by molar-refractivity contribution is 5.94. The Kier molecular flexibility index (Phi) is 7.69. The lowest BCUT2D eigenvalue weighted by Crippen LogP contribution is -3.28. The zero-order valence-corrected chi connectivity index (χ0v) is 17.5. The van der Waals surface area contributed by atoms with Gasteiger partial charge in [-0.1, -0.05) is 0 Å². The number of carbonyl (C=O) groups excluding carboxylic acids is 2. The molecular weight excluding hydrogens is 388 g/mol. The molecule has 0 aliphatic carbocycles. The second kappa shape index (κ2) is 10.7. The highest BCUT2D eigenvalue weighted by atomic mass is 16.5.